The topological polar surface area (TPSA) is 85.2 Å². The molecule has 4 aromatic rings. The van der Waals surface area contributed by atoms with Crippen LogP contribution < -0.4 is 10.3 Å². The quantitative estimate of drug-likeness (QED) is 0.242. The van der Waals surface area contributed by atoms with Gasteiger partial charge in [-0.15, -0.1) is 0 Å². The summed E-state index contributed by atoms with van der Waals surface area (Å²) in [7, 11) is 0. The fraction of sp³-hybridized carbons (Fsp3) is 0.219. The number of phenolic OH excluding ortho intramolecular Hbond substituents is 1. The zero-order chi connectivity index (χ0) is 28.2. The minimum Gasteiger partial charge on any atom is -0.506 e. The smallest absolute Gasteiger partial charge is 0.271 e. The normalized spacial score (nSPS) is 15.5. The van der Waals surface area contributed by atoms with Crippen molar-refractivity contribution in [1.29, 1.82) is 0 Å². The van der Waals surface area contributed by atoms with Crippen molar-refractivity contribution >= 4 is 46.1 Å². The van der Waals surface area contributed by atoms with Crippen LogP contribution in [0, 0.1) is 6.92 Å². The molecule has 0 aromatic heterocycles. The highest BCUT2D eigenvalue weighted by atomic mass is 35.5. The van der Waals surface area contributed by atoms with E-state index in [1.807, 2.05) is 41.3 Å². The molecule has 204 valence electrons. The highest BCUT2D eigenvalue weighted by Crippen LogP contribution is 2.26. The lowest BCUT2D eigenvalue weighted by Gasteiger charge is -2.41. The molecule has 0 bridgehead atoms. The zero-order valence-corrected chi connectivity index (χ0v) is 23.2. The molecule has 1 aliphatic heterocycles. The number of aryl methyl sites for hydroxylation is 1. The summed E-state index contributed by atoms with van der Waals surface area (Å²) >= 11 is 5.90. The summed E-state index contributed by atoms with van der Waals surface area (Å²) in [5.74, 6) is -0.422. The molecule has 1 unspecified atom stereocenters. The first-order valence-corrected chi connectivity index (χ1v) is 13.6. The Bertz CT molecular complexity index is 1600. The van der Waals surface area contributed by atoms with Crippen molar-refractivity contribution in [1.82, 2.24) is 10.3 Å². The monoisotopic (exact) mass is 554 g/mol. The summed E-state index contributed by atoms with van der Waals surface area (Å²) in [6.45, 7) is 6.43. The van der Waals surface area contributed by atoms with E-state index in [4.69, 9.17) is 11.6 Å². The Kier molecular flexibility index (Phi) is 8.03. The van der Waals surface area contributed by atoms with Gasteiger partial charge in [0.1, 0.15) is 5.75 Å². The Morgan fingerprint density at radius 2 is 1.82 bits per heavy atom. The Hall–Kier alpha value is -4.36. The number of piperazine rings is 1. The SMILES string of the molecule is Cc1cccc(N2CCN(C(=O)Cc3ccc(/C=N/NC(=O)c4ccc(O)c(Cl)c4)c4ccccc34)CC2C)c1. The first-order valence-electron chi connectivity index (χ1n) is 13.2. The molecule has 2 N–H and O–H groups in total. The number of carbonyl (C=O) groups excluding carboxylic acids is 2. The summed E-state index contributed by atoms with van der Waals surface area (Å²) in [5.41, 5.74) is 6.98. The molecule has 0 radical (unpaired) electrons. The first kappa shape index (κ1) is 27.2. The summed E-state index contributed by atoms with van der Waals surface area (Å²) in [6, 6.07) is 24.7. The Balaban J connectivity index is 1.27. The number of benzene rings is 4. The zero-order valence-electron chi connectivity index (χ0n) is 22.5. The Labute approximate surface area is 238 Å². The largest absolute Gasteiger partial charge is 0.506 e. The van der Waals surface area contributed by atoms with Crippen LogP contribution in [0.4, 0.5) is 5.69 Å². The highest BCUT2D eigenvalue weighted by molar-refractivity contribution is 6.32. The number of hydrogen-bond donors (Lipinski definition) is 2. The molecule has 40 heavy (non-hydrogen) atoms. The van der Waals surface area contributed by atoms with E-state index < -0.39 is 5.91 Å². The number of hydrogen-bond acceptors (Lipinski definition) is 5. The van der Waals surface area contributed by atoms with Gasteiger partial charge in [-0.25, -0.2) is 5.43 Å². The average Bonchev–Trinajstić information content (AvgIpc) is 2.95. The van der Waals surface area contributed by atoms with Gasteiger partial charge >= 0.3 is 0 Å². The van der Waals surface area contributed by atoms with E-state index in [0.29, 0.717) is 19.5 Å². The molecule has 1 aliphatic rings. The lowest BCUT2D eigenvalue weighted by Crippen LogP contribution is -2.54. The van der Waals surface area contributed by atoms with Crippen LogP contribution in [0.15, 0.2) is 84.0 Å². The minimum atomic E-state index is -0.443. The molecule has 4 aromatic carbocycles. The van der Waals surface area contributed by atoms with E-state index in [0.717, 1.165) is 28.4 Å². The fourth-order valence-electron chi connectivity index (χ4n) is 5.17. The molecule has 0 saturated carbocycles. The Morgan fingerprint density at radius 3 is 2.58 bits per heavy atom. The molecule has 1 atom stereocenters. The predicted molar refractivity (Wildman–Crippen MR) is 160 cm³/mol. The molecule has 7 nitrogen and oxygen atoms in total. The molecular formula is C32H31ClN4O3. The van der Waals surface area contributed by atoms with Gasteiger partial charge < -0.3 is 14.9 Å². The fourth-order valence-corrected chi connectivity index (χ4v) is 5.35. The van der Waals surface area contributed by atoms with Gasteiger partial charge in [0.05, 0.1) is 17.7 Å². The third-order valence-corrected chi connectivity index (χ3v) is 7.59. The van der Waals surface area contributed by atoms with E-state index in [1.165, 1.54) is 29.4 Å². The second-order valence-electron chi connectivity index (χ2n) is 10.1. The molecule has 8 heteroatoms. The van der Waals surface area contributed by atoms with E-state index in [9.17, 15) is 14.7 Å². The van der Waals surface area contributed by atoms with Crippen LogP contribution in [-0.4, -0.2) is 53.7 Å². The van der Waals surface area contributed by atoms with E-state index >= 15 is 0 Å². The second kappa shape index (κ2) is 11.8. The average molecular weight is 555 g/mol. The third-order valence-electron chi connectivity index (χ3n) is 7.28. The van der Waals surface area contributed by atoms with E-state index in [2.05, 4.69) is 53.5 Å². The van der Waals surface area contributed by atoms with Crippen molar-refractivity contribution in [3.8, 4) is 5.75 Å². The summed E-state index contributed by atoms with van der Waals surface area (Å²) in [4.78, 5) is 30.1. The van der Waals surface area contributed by atoms with Crippen LogP contribution in [0.2, 0.25) is 5.02 Å². The number of amides is 2. The number of nitrogens with zero attached hydrogens (tertiary/aromatic N) is 3. The molecule has 1 fully saturated rings. The molecule has 0 spiro atoms. The van der Waals surface area contributed by atoms with Crippen LogP contribution >= 0.6 is 11.6 Å². The first-order chi connectivity index (χ1) is 19.3. The predicted octanol–water partition coefficient (Wildman–Crippen LogP) is 5.55. The van der Waals surface area contributed by atoms with Gasteiger partial charge in [0.25, 0.3) is 5.91 Å². The van der Waals surface area contributed by atoms with Gasteiger partial charge in [-0.1, -0.05) is 60.1 Å². The van der Waals surface area contributed by atoms with Gasteiger partial charge in [0.2, 0.25) is 5.91 Å². The standard InChI is InChI=1S/C32H31ClN4O3/c1-21-6-5-7-26(16-21)37-15-14-36(20-22(37)2)31(39)18-23-10-11-25(28-9-4-3-8-27(23)28)19-34-35-32(40)24-12-13-30(38)29(33)17-24/h3-13,16-17,19,22,38H,14-15,18,20H2,1-2H3,(H,35,40)/b34-19+. The van der Waals surface area contributed by atoms with Crippen LogP contribution in [0.25, 0.3) is 10.8 Å². The number of fused-ring (bicyclic) bond motifs is 1. The molecule has 1 saturated heterocycles. The van der Waals surface area contributed by atoms with Gasteiger partial charge in [0, 0.05) is 42.5 Å². The van der Waals surface area contributed by atoms with Crippen LogP contribution in [0.3, 0.4) is 0 Å². The minimum absolute atomic E-state index is 0.0919. The maximum atomic E-state index is 13.4. The number of carbonyl (C=O) groups is 2. The van der Waals surface area contributed by atoms with Gasteiger partial charge in [0.15, 0.2) is 0 Å². The summed E-state index contributed by atoms with van der Waals surface area (Å²) in [6.07, 6.45) is 1.90. The number of aromatic hydroxyl groups is 1. The summed E-state index contributed by atoms with van der Waals surface area (Å²) in [5, 5.41) is 15.7. The van der Waals surface area contributed by atoms with Gasteiger partial charge in [-0.3, -0.25) is 9.59 Å². The van der Waals surface area contributed by atoms with E-state index in [-0.39, 0.29) is 28.3 Å². The number of hydrazone groups is 1. The van der Waals surface area contributed by atoms with Crippen molar-refractivity contribution in [3.63, 3.8) is 0 Å². The van der Waals surface area contributed by atoms with Gasteiger partial charge in [-0.05, 0) is 66.1 Å². The number of rotatable bonds is 6. The van der Waals surface area contributed by atoms with Crippen molar-refractivity contribution in [2.45, 2.75) is 26.3 Å². The van der Waals surface area contributed by atoms with Crippen molar-refractivity contribution < 1.29 is 14.7 Å². The van der Waals surface area contributed by atoms with Crippen molar-refractivity contribution in [2.24, 2.45) is 5.10 Å². The van der Waals surface area contributed by atoms with Crippen LogP contribution in [0.1, 0.15) is 34.0 Å². The number of anilines is 1. The molecule has 1 heterocycles. The molecule has 2 amide bonds. The summed E-state index contributed by atoms with van der Waals surface area (Å²) < 4.78 is 0. The van der Waals surface area contributed by atoms with Gasteiger partial charge in [-0.2, -0.15) is 5.10 Å². The third kappa shape index (κ3) is 5.95. The lowest BCUT2D eigenvalue weighted by atomic mass is 9.97. The maximum absolute atomic E-state index is 13.4. The number of halogens is 1. The number of phenols is 1. The lowest BCUT2D eigenvalue weighted by molar-refractivity contribution is -0.131. The second-order valence-corrected chi connectivity index (χ2v) is 10.5. The molecule has 0 aliphatic carbocycles. The Morgan fingerprint density at radius 1 is 1.02 bits per heavy atom. The molecule has 5 rings (SSSR count). The van der Waals surface area contributed by atoms with Crippen molar-refractivity contribution in [3.05, 3.63) is 106 Å². The molecular weight excluding hydrogens is 524 g/mol. The van der Waals surface area contributed by atoms with Crippen molar-refractivity contribution in [2.75, 3.05) is 24.5 Å². The number of nitrogens with one attached hydrogen (secondary N) is 1. The van der Waals surface area contributed by atoms with Crippen LogP contribution in [-0.2, 0) is 11.2 Å². The maximum Gasteiger partial charge on any atom is 0.271 e. The van der Waals surface area contributed by atoms with Crippen LogP contribution in [0.5, 0.6) is 5.75 Å². The van der Waals surface area contributed by atoms with E-state index in [1.54, 1.807) is 6.21 Å². The highest BCUT2D eigenvalue weighted by Gasteiger charge is 2.27.